The molecule has 2 fully saturated rings. The molecule has 2 N–H and O–H groups in total. The Morgan fingerprint density at radius 1 is 1.04 bits per heavy atom. The molecule has 0 unspecified atom stereocenters. The summed E-state index contributed by atoms with van der Waals surface area (Å²) in [5.41, 5.74) is 2.83. The number of carbonyl (C=O) groups is 2. The van der Waals surface area contributed by atoms with Gasteiger partial charge in [0.1, 0.15) is 0 Å². The van der Waals surface area contributed by atoms with Crippen molar-refractivity contribution in [2.45, 2.75) is 19.4 Å². The highest BCUT2D eigenvalue weighted by Gasteiger charge is 2.34. The van der Waals surface area contributed by atoms with Gasteiger partial charge in [0, 0.05) is 69.0 Å². The first kappa shape index (κ1) is 33.0. The molecule has 0 aliphatic carbocycles. The van der Waals surface area contributed by atoms with Crippen molar-refractivity contribution < 1.29 is 27.8 Å². The minimum absolute atomic E-state index is 0. The van der Waals surface area contributed by atoms with Gasteiger partial charge in [-0.15, -0.1) is 12.4 Å². The molecule has 2 amide bonds. The number of amides is 2. The topological polar surface area (TPSA) is 113 Å². The van der Waals surface area contributed by atoms with Crippen molar-refractivity contribution >= 4 is 41.4 Å². The fraction of sp³-hybridized carbons (Fsp3) is 0.375. The molecule has 0 radical (unpaired) electrons. The van der Waals surface area contributed by atoms with Crippen LogP contribution >= 0.6 is 12.4 Å². The third-order valence-electron chi connectivity index (χ3n) is 8.49. The summed E-state index contributed by atoms with van der Waals surface area (Å²) in [5.74, 6) is -1.55. The lowest BCUT2D eigenvalue weighted by Crippen LogP contribution is -2.54. The number of hydrogen-bond acceptors (Lipinski definition) is 8. The lowest BCUT2D eigenvalue weighted by atomic mass is 10.0. The monoisotopic (exact) mass is 655 g/mol. The van der Waals surface area contributed by atoms with E-state index in [4.69, 9.17) is 9.47 Å². The van der Waals surface area contributed by atoms with Gasteiger partial charge in [-0.3, -0.25) is 14.0 Å². The Hall–Kier alpha value is -4.33. The van der Waals surface area contributed by atoms with E-state index in [0.29, 0.717) is 67.1 Å². The van der Waals surface area contributed by atoms with E-state index < -0.39 is 11.6 Å². The Bertz CT molecular complexity index is 1750. The smallest absolute Gasteiger partial charge is 0.254 e. The number of nitrogens with zero attached hydrogens (tertiary/aromatic N) is 5. The van der Waals surface area contributed by atoms with E-state index in [2.05, 4.69) is 20.6 Å². The van der Waals surface area contributed by atoms with Crippen molar-refractivity contribution in [2.24, 2.45) is 5.92 Å². The van der Waals surface area contributed by atoms with Gasteiger partial charge < -0.3 is 29.9 Å². The Morgan fingerprint density at radius 2 is 1.80 bits per heavy atom. The molecular formula is C32H36ClF2N7O4. The molecule has 6 rings (SSSR count). The molecule has 2 atom stereocenters. The SMILES string of the molecule is COC[C@@H]1CN[C@H](C(=O)N2CCN(C(=O)c3ccc(Nc4nccn5c(-c6ccc(OC)c(F)c6F)cnc45)cc3C)CC2)C1.Cl. The van der Waals surface area contributed by atoms with Crippen LogP contribution in [-0.4, -0.2) is 95.6 Å². The highest BCUT2D eigenvalue weighted by Crippen LogP contribution is 2.32. The molecule has 2 saturated heterocycles. The zero-order valence-electron chi connectivity index (χ0n) is 25.8. The summed E-state index contributed by atoms with van der Waals surface area (Å²) in [7, 11) is 2.95. The fourth-order valence-corrected chi connectivity index (χ4v) is 6.09. The maximum Gasteiger partial charge on any atom is 0.254 e. The van der Waals surface area contributed by atoms with Gasteiger partial charge in [-0.1, -0.05) is 0 Å². The van der Waals surface area contributed by atoms with Crippen molar-refractivity contribution in [3.63, 3.8) is 0 Å². The van der Waals surface area contributed by atoms with Crippen LogP contribution in [0.3, 0.4) is 0 Å². The summed E-state index contributed by atoms with van der Waals surface area (Å²) in [6, 6.07) is 8.01. The Morgan fingerprint density at radius 3 is 2.52 bits per heavy atom. The highest BCUT2D eigenvalue weighted by atomic mass is 35.5. The van der Waals surface area contributed by atoms with Gasteiger partial charge in [-0.2, -0.15) is 4.39 Å². The van der Waals surface area contributed by atoms with Gasteiger partial charge in [0.2, 0.25) is 11.7 Å². The number of piperazine rings is 1. The minimum atomic E-state index is -1.07. The molecule has 0 spiro atoms. The van der Waals surface area contributed by atoms with Crippen molar-refractivity contribution in [3.8, 4) is 17.0 Å². The summed E-state index contributed by atoms with van der Waals surface area (Å²) >= 11 is 0. The van der Waals surface area contributed by atoms with Crippen molar-refractivity contribution in [3.05, 3.63) is 71.7 Å². The van der Waals surface area contributed by atoms with Gasteiger partial charge in [-0.05, 0) is 55.2 Å². The largest absolute Gasteiger partial charge is 0.494 e. The van der Waals surface area contributed by atoms with Crippen LogP contribution in [0.25, 0.3) is 16.9 Å². The molecule has 244 valence electrons. The summed E-state index contributed by atoms with van der Waals surface area (Å²) in [5, 5.41) is 6.54. The number of carbonyl (C=O) groups excluding carboxylic acids is 2. The van der Waals surface area contributed by atoms with Crippen LogP contribution in [0.1, 0.15) is 22.3 Å². The van der Waals surface area contributed by atoms with Crippen LogP contribution < -0.4 is 15.4 Å². The molecule has 2 aromatic carbocycles. The van der Waals surface area contributed by atoms with Gasteiger partial charge in [0.15, 0.2) is 23.0 Å². The van der Waals surface area contributed by atoms with Crippen molar-refractivity contribution in [2.75, 3.05) is 58.9 Å². The molecule has 14 heteroatoms. The summed E-state index contributed by atoms with van der Waals surface area (Å²) in [6.07, 6.45) is 5.37. The molecular weight excluding hydrogens is 620 g/mol. The predicted octanol–water partition coefficient (Wildman–Crippen LogP) is 4.07. The molecule has 46 heavy (non-hydrogen) atoms. The van der Waals surface area contributed by atoms with Crippen LogP contribution in [0.4, 0.5) is 20.3 Å². The second-order valence-electron chi connectivity index (χ2n) is 11.3. The Kier molecular flexibility index (Phi) is 10.0. The predicted molar refractivity (Wildman–Crippen MR) is 171 cm³/mol. The first-order valence-corrected chi connectivity index (χ1v) is 14.8. The molecule has 0 bridgehead atoms. The number of fused-ring (bicyclic) bond motifs is 1. The van der Waals surface area contributed by atoms with E-state index in [0.717, 1.165) is 18.5 Å². The maximum atomic E-state index is 14.8. The number of imidazole rings is 1. The van der Waals surface area contributed by atoms with Gasteiger partial charge >= 0.3 is 0 Å². The normalized spacial score (nSPS) is 18.0. The van der Waals surface area contributed by atoms with Crippen molar-refractivity contribution in [1.82, 2.24) is 29.5 Å². The lowest BCUT2D eigenvalue weighted by Gasteiger charge is -2.36. The number of methoxy groups -OCH3 is 2. The molecule has 11 nitrogen and oxygen atoms in total. The average Bonchev–Trinajstić information content (AvgIpc) is 3.70. The molecule has 4 heterocycles. The van der Waals surface area contributed by atoms with E-state index in [1.165, 1.54) is 31.6 Å². The van der Waals surface area contributed by atoms with Gasteiger partial charge in [0.05, 0.1) is 31.6 Å². The third-order valence-corrected chi connectivity index (χ3v) is 8.49. The standard InChI is InChI=1S/C32H35F2N7O4.ClH/c1-19-14-21(38-29-30-37-17-25(41(30)9-8-35-29)23-6-7-26(45-3)28(34)27(23)33)4-5-22(19)31(42)39-10-12-40(13-11-39)32(43)24-15-20(16-36-24)18-44-2;/h4-9,14,17,20,24,36H,10-13,15-16,18H2,1-3H3,(H,35,38);1H/t20-,24-;/m0./s1. The Labute approximate surface area is 271 Å². The maximum absolute atomic E-state index is 14.8. The quantitative estimate of drug-likeness (QED) is 0.292. The first-order chi connectivity index (χ1) is 21.8. The van der Waals surface area contributed by atoms with E-state index in [1.807, 2.05) is 17.9 Å². The number of ether oxygens (including phenoxy) is 2. The zero-order valence-corrected chi connectivity index (χ0v) is 26.6. The van der Waals surface area contributed by atoms with Crippen molar-refractivity contribution in [1.29, 1.82) is 0 Å². The summed E-state index contributed by atoms with van der Waals surface area (Å²) in [4.78, 5) is 38.9. The first-order valence-electron chi connectivity index (χ1n) is 14.8. The van der Waals surface area contributed by atoms with Crippen LogP contribution in [0, 0.1) is 24.5 Å². The fourth-order valence-electron chi connectivity index (χ4n) is 6.09. The minimum Gasteiger partial charge on any atom is -0.494 e. The van der Waals surface area contributed by atoms with Crippen LogP contribution in [0.5, 0.6) is 5.75 Å². The number of benzene rings is 2. The third kappa shape index (κ3) is 6.35. The second-order valence-corrected chi connectivity index (χ2v) is 11.3. The highest BCUT2D eigenvalue weighted by molar-refractivity contribution is 5.96. The second kappa shape index (κ2) is 14.0. The molecule has 2 aliphatic heterocycles. The van der Waals surface area contributed by atoms with E-state index in [1.54, 1.807) is 34.7 Å². The zero-order chi connectivity index (χ0) is 31.7. The van der Waals surface area contributed by atoms with Gasteiger partial charge in [0.25, 0.3) is 5.91 Å². The number of halogens is 3. The summed E-state index contributed by atoms with van der Waals surface area (Å²) in [6.45, 7) is 5.18. The van der Waals surface area contributed by atoms with E-state index in [-0.39, 0.29) is 41.6 Å². The molecule has 2 aliphatic rings. The molecule has 0 saturated carbocycles. The molecule has 4 aromatic rings. The van der Waals surface area contributed by atoms with E-state index >= 15 is 0 Å². The molecule has 2 aromatic heterocycles. The van der Waals surface area contributed by atoms with Crippen LogP contribution in [0.2, 0.25) is 0 Å². The Balaban J connectivity index is 0.00000417. The number of aromatic nitrogens is 3. The van der Waals surface area contributed by atoms with Crippen LogP contribution in [-0.2, 0) is 9.53 Å². The number of nitrogens with one attached hydrogen (secondary N) is 2. The number of anilines is 2. The average molecular weight is 656 g/mol. The number of aryl methyl sites for hydroxylation is 1. The lowest BCUT2D eigenvalue weighted by molar-refractivity contribution is -0.134. The number of rotatable bonds is 8. The van der Waals surface area contributed by atoms with E-state index in [9.17, 15) is 18.4 Å². The van der Waals surface area contributed by atoms with Gasteiger partial charge in [-0.25, -0.2) is 14.4 Å². The number of hydrogen-bond donors (Lipinski definition) is 2. The van der Waals surface area contributed by atoms with Crippen LogP contribution in [0.15, 0.2) is 48.9 Å². The summed E-state index contributed by atoms with van der Waals surface area (Å²) < 4.78 is 41.0.